The molecular weight excluding hydrogens is 424 g/mol. The van der Waals surface area contributed by atoms with Gasteiger partial charge in [0.15, 0.2) is 0 Å². The highest BCUT2D eigenvalue weighted by atomic mass is 15.0. The van der Waals surface area contributed by atoms with Crippen LogP contribution in [0.15, 0.2) is 52.1 Å². The van der Waals surface area contributed by atoms with E-state index in [4.69, 9.17) is 10.7 Å². The van der Waals surface area contributed by atoms with Crippen molar-refractivity contribution in [2.45, 2.75) is 115 Å². The van der Waals surface area contributed by atoms with E-state index in [1.54, 1.807) is 22.3 Å². The quantitative estimate of drug-likeness (QED) is 0.349. The van der Waals surface area contributed by atoms with Crippen molar-refractivity contribution in [3.8, 4) is 0 Å². The summed E-state index contributed by atoms with van der Waals surface area (Å²) in [5, 5.41) is 0. The Bertz CT molecular complexity index is 1110. The van der Waals surface area contributed by atoms with Gasteiger partial charge in [0, 0.05) is 17.0 Å². The monoisotopic (exact) mass is 468 g/mol. The normalized spacial score (nSPS) is 27.5. The number of rotatable bonds is 4. The van der Waals surface area contributed by atoms with Gasteiger partial charge >= 0.3 is 0 Å². The topological polar surface area (TPSA) is 38.4 Å². The van der Waals surface area contributed by atoms with Crippen molar-refractivity contribution in [3.63, 3.8) is 0 Å². The highest BCUT2D eigenvalue weighted by Gasteiger charge is 2.41. The van der Waals surface area contributed by atoms with Gasteiger partial charge in [-0.25, -0.2) is 0 Å². The summed E-state index contributed by atoms with van der Waals surface area (Å²) in [6, 6.07) is 7.41. The van der Waals surface area contributed by atoms with Gasteiger partial charge in [0.1, 0.15) is 6.17 Å². The lowest BCUT2D eigenvalue weighted by atomic mass is 9.73. The SMILES string of the molecule is CC1(C)C2=C(C3=C(CCCC3)CC2)c2ccc(/C(=N/C(N)C3CC=CCC3)C3CCCCC3)cc21. The minimum atomic E-state index is -0.0839. The summed E-state index contributed by atoms with van der Waals surface area (Å²) in [6.45, 7) is 4.95. The second-order valence-corrected chi connectivity index (χ2v) is 12.4. The van der Waals surface area contributed by atoms with Gasteiger partial charge in [0.25, 0.3) is 0 Å². The maximum absolute atomic E-state index is 6.79. The Labute approximate surface area is 212 Å². The molecule has 2 nitrogen and oxygen atoms in total. The molecular formula is C33H44N2. The number of benzene rings is 1. The number of allylic oxidation sites excluding steroid dienone is 6. The van der Waals surface area contributed by atoms with Crippen molar-refractivity contribution in [2.75, 3.05) is 0 Å². The van der Waals surface area contributed by atoms with Gasteiger partial charge in [0.2, 0.25) is 0 Å². The molecule has 0 heterocycles. The summed E-state index contributed by atoms with van der Waals surface area (Å²) < 4.78 is 0. The van der Waals surface area contributed by atoms with E-state index in [0.29, 0.717) is 11.8 Å². The second kappa shape index (κ2) is 9.51. The van der Waals surface area contributed by atoms with Crippen LogP contribution in [0, 0.1) is 11.8 Å². The number of fused-ring (bicyclic) bond motifs is 3. The van der Waals surface area contributed by atoms with Crippen molar-refractivity contribution in [1.82, 2.24) is 0 Å². The van der Waals surface area contributed by atoms with E-state index in [1.807, 2.05) is 0 Å². The van der Waals surface area contributed by atoms with Gasteiger partial charge in [-0.2, -0.15) is 0 Å². The molecule has 0 radical (unpaired) electrons. The van der Waals surface area contributed by atoms with Crippen LogP contribution >= 0.6 is 0 Å². The second-order valence-electron chi connectivity index (χ2n) is 12.4. The summed E-state index contributed by atoms with van der Waals surface area (Å²) in [7, 11) is 0. The molecule has 6 rings (SSSR count). The molecule has 2 atom stereocenters. The van der Waals surface area contributed by atoms with Crippen LogP contribution in [0.1, 0.15) is 120 Å². The molecule has 0 aromatic heterocycles. The van der Waals surface area contributed by atoms with E-state index < -0.39 is 0 Å². The fourth-order valence-corrected chi connectivity index (χ4v) is 7.86. The first kappa shape index (κ1) is 23.5. The highest BCUT2D eigenvalue weighted by molar-refractivity contribution is 6.04. The Balaban J connectivity index is 1.40. The van der Waals surface area contributed by atoms with Crippen LogP contribution < -0.4 is 5.73 Å². The number of nitrogens with zero attached hydrogens (tertiary/aromatic N) is 1. The van der Waals surface area contributed by atoms with E-state index in [9.17, 15) is 0 Å². The number of hydrogen-bond acceptors (Lipinski definition) is 2. The molecule has 0 spiro atoms. The minimum absolute atomic E-state index is 0.0839. The lowest BCUT2D eigenvalue weighted by molar-refractivity contribution is 0.391. The Morgan fingerprint density at radius 2 is 1.77 bits per heavy atom. The van der Waals surface area contributed by atoms with Crippen molar-refractivity contribution >= 4 is 11.3 Å². The molecule has 2 unspecified atom stereocenters. The van der Waals surface area contributed by atoms with Gasteiger partial charge < -0.3 is 5.73 Å². The van der Waals surface area contributed by atoms with Crippen LogP contribution in [-0.2, 0) is 5.41 Å². The third kappa shape index (κ3) is 4.20. The summed E-state index contributed by atoms with van der Waals surface area (Å²) in [4.78, 5) is 5.36. The zero-order valence-electron chi connectivity index (χ0n) is 22.0. The van der Waals surface area contributed by atoms with Gasteiger partial charge in [0.05, 0.1) is 0 Å². The summed E-state index contributed by atoms with van der Waals surface area (Å²) in [6.07, 6.45) is 22.4. The fraction of sp³-hybridized carbons (Fsp3) is 0.606. The van der Waals surface area contributed by atoms with E-state index in [0.717, 1.165) is 12.8 Å². The smallest absolute Gasteiger partial charge is 0.100 e. The third-order valence-corrected chi connectivity index (χ3v) is 9.95. The minimum Gasteiger partial charge on any atom is -0.310 e. The van der Waals surface area contributed by atoms with E-state index >= 15 is 0 Å². The zero-order valence-corrected chi connectivity index (χ0v) is 22.0. The molecule has 0 bridgehead atoms. The van der Waals surface area contributed by atoms with Gasteiger partial charge in [-0.1, -0.05) is 68.5 Å². The molecule has 5 aliphatic carbocycles. The van der Waals surface area contributed by atoms with Crippen LogP contribution in [0.3, 0.4) is 0 Å². The maximum atomic E-state index is 6.79. The maximum Gasteiger partial charge on any atom is 0.100 e. The highest BCUT2D eigenvalue weighted by Crippen LogP contribution is 2.56. The molecule has 1 fully saturated rings. The van der Waals surface area contributed by atoms with Crippen LogP contribution in [-0.4, -0.2) is 11.9 Å². The average molecular weight is 469 g/mol. The molecule has 1 saturated carbocycles. The summed E-state index contributed by atoms with van der Waals surface area (Å²) in [5.74, 6) is 1.04. The molecule has 2 N–H and O–H groups in total. The van der Waals surface area contributed by atoms with Crippen molar-refractivity contribution < 1.29 is 0 Å². The first-order valence-corrected chi connectivity index (χ1v) is 14.6. The van der Waals surface area contributed by atoms with E-state index in [1.165, 1.54) is 99.5 Å². The number of hydrogen-bond donors (Lipinski definition) is 1. The molecule has 0 saturated heterocycles. The van der Waals surface area contributed by atoms with E-state index in [2.05, 4.69) is 44.2 Å². The first-order valence-electron chi connectivity index (χ1n) is 14.6. The lowest BCUT2D eigenvalue weighted by Crippen LogP contribution is -2.32. The average Bonchev–Trinajstić information content (AvgIpc) is 3.14. The molecule has 2 heteroatoms. The fourth-order valence-electron chi connectivity index (χ4n) is 7.86. The van der Waals surface area contributed by atoms with Gasteiger partial charge in [-0.05, 0) is 110 Å². The largest absolute Gasteiger partial charge is 0.310 e. The first-order chi connectivity index (χ1) is 17.0. The van der Waals surface area contributed by atoms with Crippen molar-refractivity contribution in [2.24, 2.45) is 22.6 Å². The Morgan fingerprint density at radius 3 is 2.57 bits per heavy atom. The lowest BCUT2D eigenvalue weighted by Gasteiger charge is -2.31. The molecule has 35 heavy (non-hydrogen) atoms. The molecule has 0 aliphatic heterocycles. The predicted molar refractivity (Wildman–Crippen MR) is 149 cm³/mol. The number of aliphatic imine (C=N–C) groups is 1. The Hall–Kier alpha value is -1.93. The van der Waals surface area contributed by atoms with Gasteiger partial charge in [-0.15, -0.1) is 0 Å². The van der Waals surface area contributed by atoms with E-state index in [-0.39, 0.29) is 11.6 Å². The molecule has 1 aromatic carbocycles. The van der Waals surface area contributed by atoms with Crippen LogP contribution in [0.4, 0.5) is 0 Å². The molecule has 186 valence electrons. The third-order valence-electron chi connectivity index (χ3n) is 9.95. The van der Waals surface area contributed by atoms with Crippen LogP contribution in [0.25, 0.3) is 5.57 Å². The standard InChI is InChI=1S/C33H44N2/c1-33(2)28-20-18-22-11-9-10-16-26(22)30(28)27-19-17-25(21-29(27)33)31(23-12-5-3-6-13-23)35-32(34)24-14-7-4-8-15-24/h4,7,17,19,21,23-24,32H,3,5-6,8-16,18,20,34H2,1-2H3/b35-31+. The molecule has 1 aromatic rings. The predicted octanol–water partition coefficient (Wildman–Crippen LogP) is 8.41. The van der Waals surface area contributed by atoms with Crippen molar-refractivity contribution in [1.29, 1.82) is 0 Å². The Kier molecular flexibility index (Phi) is 6.37. The molecule has 0 amide bonds. The zero-order chi connectivity index (χ0) is 24.0. The van der Waals surface area contributed by atoms with Crippen molar-refractivity contribution in [3.05, 3.63) is 63.8 Å². The molecule has 5 aliphatic rings. The number of nitrogens with two attached hydrogens (primary N) is 1. The summed E-state index contributed by atoms with van der Waals surface area (Å²) in [5.41, 5.74) is 19.4. The van der Waals surface area contributed by atoms with Crippen LogP contribution in [0.5, 0.6) is 0 Å². The Morgan fingerprint density at radius 1 is 0.943 bits per heavy atom. The van der Waals surface area contributed by atoms with Gasteiger partial charge in [-0.3, -0.25) is 4.99 Å². The summed E-state index contributed by atoms with van der Waals surface area (Å²) >= 11 is 0. The van der Waals surface area contributed by atoms with Crippen LogP contribution in [0.2, 0.25) is 0 Å².